The fourth-order valence-electron chi connectivity index (χ4n) is 2.00. The van der Waals surface area contributed by atoms with Crippen molar-refractivity contribution in [3.8, 4) is 0 Å². The van der Waals surface area contributed by atoms with Gasteiger partial charge in [0.1, 0.15) is 5.69 Å². The van der Waals surface area contributed by atoms with Crippen LogP contribution in [0.25, 0.3) is 0 Å². The molecule has 1 atom stereocenters. The molecule has 1 amide bonds. The van der Waals surface area contributed by atoms with Gasteiger partial charge < -0.3 is 15.2 Å². The van der Waals surface area contributed by atoms with Crippen LogP contribution in [0.4, 0.5) is 0 Å². The summed E-state index contributed by atoms with van der Waals surface area (Å²) in [4.78, 5) is 17.1. The fraction of sp³-hybridized carbons (Fsp3) is 0.267. The molecular weight excluding hydrogens is 274 g/mol. The Balaban J connectivity index is 2.15. The maximum atomic E-state index is 12.2. The molecular formula is C15H18ClN3O. The number of nitrogens with one attached hydrogen (secondary N) is 2. The minimum absolute atomic E-state index is 0.0851. The van der Waals surface area contributed by atoms with Gasteiger partial charge in [-0.05, 0) is 43.9 Å². The first-order valence-corrected chi connectivity index (χ1v) is 6.78. The first-order chi connectivity index (χ1) is 9.56. The zero-order chi connectivity index (χ0) is 14.5. The van der Waals surface area contributed by atoms with Gasteiger partial charge in [0, 0.05) is 17.8 Å². The van der Waals surface area contributed by atoms with Gasteiger partial charge in [0.05, 0.1) is 6.04 Å². The highest BCUT2D eigenvalue weighted by Crippen LogP contribution is 2.17. The number of benzene rings is 1. The van der Waals surface area contributed by atoms with Crippen molar-refractivity contribution in [3.63, 3.8) is 0 Å². The van der Waals surface area contributed by atoms with Gasteiger partial charge in [-0.15, -0.1) is 0 Å². The van der Waals surface area contributed by atoms with Crippen molar-refractivity contribution >= 4 is 17.5 Å². The van der Waals surface area contributed by atoms with Crippen molar-refractivity contribution in [2.75, 3.05) is 20.6 Å². The summed E-state index contributed by atoms with van der Waals surface area (Å²) in [6.07, 6.45) is 1.73. The second-order valence-corrected chi connectivity index (χ2v) is 5.36. The van der Waals surface area contributed by atoms with Crippen molar-refractivity contribution < 1.29 is 4.79 Å². The quantitative estimate of drug-likeness (QED) is 0.890. The second kappa shape index (κ2) is 6.59. The van der Waals surface area contributed by atoms with Crippen molar-refractivity contribution in [2.24, 2.45) is 0 Å². The van der Waals surface area contributed by atoms with E-state index in [0.717, 1.165) is 5.56 Å². The van der Waals surface area contributed by atoms with Crippen molar-refractivity contribution in [1.82, 2.24) is 15.2 Å². The molecule has 2 N–H and O–H groups in total. The Hall–Kier alpha value is -1.78. The standard InChI is InChI=1S/C15H18ClN3O/c1-19(2)10-14(11-5-7-12(16)8-6-11)18-15(20)13-4-3-9-17-13/h3-9,14,17H,10H2,1-2H3,(H,18,20). The van der Waals surface area contributed by atoms with E-state index in [1.54, 1.807) is 18.3 Å². The topological polar surface area (TPSA) is 48.1 Å². The summed E-state index contributed by atoms with van der Waals surface area (Å²) in [5, 5.41) is 3.72. The molecule has 1 heterocycles. The number of H-pyrrole nitrogens is 1. The number of hydrogen-bond donors (Lipinski definition) is 2. The van der Waals surface area contributed by atoms with Gasteiger partial charge in [-0.2, -0.15) is 0 Å². The number of halogens is 1. The van der Waals surface area contributed by atoms with E-state index < -0.39 is 0 Å². The maximum Gasteiger partial charge on any atom is 0.268 e. The predicted octanol–water partition coefficient (Wildman–Crippen LogP) is 2.70. The average molecular weight is 292 g/mol. The predicted molar refractivity (Wildman–Crippen MR) is 81.0 cm³/mol. The highest BCUT2D eigenvalue weighted by Gasteiger charge is 2.17. The normalized spacial score (nSPS) is 12.4. The average Bonchev–Trinajstić information content (AvgIpc) is 2.92. The molecule has 0 aliphatic rings. The zero-order valence-electron chi connectivity index (χ0n) is 11.6. The van der Waals surface area contributed by atoms with Gasteiger partial charge in [-0.1, -0.05) is 23.7 Å². The van der Waals surface area contributed by atoms with Crippen LogP contribution in [0.1, 0.15) is 22.1 Å². The molecule has 0 bridgehead atoms. The number of carbonyl (C=O) groups is 1. The summed E-state index contributed by atoms with van der Waals surface area (Å²) in [7, 11) is 3.95. The number of amides is 1. The minimum Gasteiger partial charge on any atom is -0.357 e. The third kappa shape index (κ3) is 3.85. The van der Waals surface area contributed by atoms with Crippen molar-refractivity contribution in [1.29, 1.82) is 0 Å². The Kier molecular flexibility index (Phi) is 4.82. The van der Waals surface area contributed by atoms with E-state index in [1.807, 2.05) is 43.3 Å². The molecule has 0 aliphatic heterocycles. The molecule has 20 heavy (non-hydrogen) atoms. The van der Waals surface area contributed by atoms with Crippen LogP contribution in [0.2, 0.25) is 5.02 Å². The van der Waals surface area contributed by atoms with Crippen LogP contribution in [0.15, 0.2) is 42.6 Å². The summed E-state index contributed by atoms with van der Waals surface area (Å²) < 4.78 is 0. The van der Waals surface area contributed by atoms with E-state index in [2.05, 4.69) is 10.3 Å². The molecule has 0 saturated heterocycles. The lowest BCUT2D eigenvalue weighted by molar-refractivity contribution is 0.0925. The highest BCUT2D eigenvalue weighted by molar-refractivity contribution is 6.30. The largest absolute Gasteiger partial charge is 0.357 e. The van der Waals surface area contributed by atoms with Crippen LogP contribution in [-0.4, -0.2) is 36.4 Å². The molecule has 4 nitrogen and oxygen atoms in total. The van der Waals surface area contributed by atoms with E-state index >= 15 is 0 Å². The van der Waals surface area contributed by atoms with E-state index in [0.29, 0.717) is 17.3 Å². The molecule has 0 fully saturated rings. The van der Waals surface area contributed by atoms with Gasteiger partial charge in [0.15, 0.2) is 0 Å². The lowest BCUT2D eigenvalue weighted by atomic mass is 10.1. The molecule has 1 unspecified atom stereocenters. The monoisotopic (exact) mass is 291 g/mol. The second-order valence-electron chi connectivity index (χ2n) is 4.92. The molecule has 5 heteroatoms. The van der Waals surface area contributed by atoms with E-state index in [9.17, 15) is 4.79 Å². The molecule has 0 radical (unpaired) electrons. The molecule has 1 aromatic carbocycles. The Morgan fingerprint density at radius 3 is 2.55 bits per heavy atom. The SMILES string of the molecule is CN(C)CC(NC(=O)c1ccc[nH]1)c1ccc(Cl)cc1. The zero-order valence-corrected chi connectivity index (χ0v) is 12.3. The van der Waals surface area contributed by atoms with Crippen LogP contribution in [0.5, 0.6) is 0 Å². The fourth-order valence-corrected chi connectivity index (χ4v) is 2.13. The summed E-state index contributed by atoms with van der Waals surface area (Å²) >= 11 is 5.91. The van der Waals surface area contributed by atoms with Crippen molar-refractivity contribution in [3.05, 3.63) is 58.9 Å². The number of aromatic amines is 1. The van der Waals surface area contributed by atoms with Gasteiger partial charge in [0.2, 0.25) is 0 Å². The number of rotatable bonds is 5. The maximum absolute atomic E-state index is 12.2. The molecule has 0 saturated carbocycles. The summed E-state index contributed by atoms with van der Waals surface area (Å²) in [6, 6.07) is 11.0. The van der Waals surface area contributed by atoms with Gasteiger partial charge >= 0.3 is 0 Å². The Bertz CT molecular complexity index is 549. The van der Waals surface area contributed by atoms with Crippen LogP contribution in [-0.2, 0) is 0 Å². The third-order valence-corrected chi connectivity index (χ3v) is 3.22. The Morgan fingerprint density at radius 1 is 1.30 bits per heavy atom. The molecule has 106 valence electrons. The number of carbonyl (C=O) groups excluding carboxylic acids is 1. The van der Waals surface area contributed by atoms with E-state index in [-0.39, 0.29) is 11.9 Å². The molecule has 0 aliphatic carbocycles. The summed E-state index contributed by atoms with van der Waals surface area (Å²) in [5.74, 6) is -0.114. The smallest absolute Gasteiger partial charge is 0.268 e. The highest BCUT2D eigenvalue weighted by atomic mass is 35.5. The van der Waals surface area contributed by atoms with Gasteiger partial charge in [-0.3, -0.25) is 4.79 Å². The van der Waals surface area contributed by atoms with Crippen LogP contribution in [0, 0.1) is 0 Å². The van der Waals surface area contributed by atoms with Gasteiger partial charge in [-0.25, -0.2) is 0 Å². The van der Waals surface area contributed by atoms with Crippen LogP contribution >= 0.6 is 11.6 Å². The molecule has 2 rings (SSSR count). The Labute approximate surface area is 123 Å². The summed E-state index contributed by atoms with van der Waals surface area (Å²) in [6.45, 7) is 0.716. The molecule has 1 aromatic heterocycles. The first kappa shape index (κ1) is 14.6. The van der Waals surface area contributed by atoms with E-state index in [4.69, 9.17) is 11.6 Å². The third-order valence-electron chi connectivity index (χ3n) is 2.97. The number of aromatic nitrogens is 1. The Morgan fingerprint density at radius 2 is 2.00 bits per heavy atom. The molecule has 0 spiro atoms. The number of nitrogens with zero attached hydrogens (tertiary/aromatic N) is 1. The van der Waals surface area contributed by atoms with Crippen LogP contribution < -0.4 is 5.32 Å². The number of likely N-dealkylation sites (N-methyl/N-ethyl adjacent to an activating group) is 1. The first-order valence-electron chi connectivity index (χ1n) is 6.40. The van der Waals surface area contributed by atoms with Gasteiger partial charge in [0.25, 0.3) is 5.91 Å². The summed E-state index contributed by atoms with van der Waals surface area (Å²) in [5.41, 5.74) is 1.59. The lowest BCUT2D eigenvalue weighted by Gasteiger charge is -2.22. The van der Waals surface area contributed by atoms with Crippen LogP contribution in [0.3, 0.4) is 0 Å². The molecule has 2 aromatic rings. The number of hydrogen-bond acceptors (Lipinski definition) is 2. The van der Waals surface area contributed by atoms with Crippen molar-refractivity contribution in [2.45, 2.75) is 6.04 Å². The minimum atomic E-state index is -0.114. The lowest BCUT2D eigenvalue weighted by Crippen LogP contribution is -2.35. The van der Waals surface area contributed by atoms with E-state index in [1.165, 1.54) is 0 Å².